The van der Waals surface area contributed by atoms with Crippen LogP contribution in [0.15, 0.2) is 111 Å². The highest BCUT2D eigenvalue weighted by Crippen LogP contribution is 2.48. The van der Waals surface area contributed by atoms with Crippen molar-refractivity contribution in [2.45, 2.75) is 117 Å². The topological polar surface area (TPSA) is 145 Å². The summed E-state index contributed by atoms with van der Waals surface area (Å²) in [5.74, 6) is -4.66. The molecule has 18 heteroatoms. The molecule has 0 saturated heterocycles. The Balaban J connectivity index is 1.98. The SMILES string of the molecule is CC(C)(C)OC(=O)C(Oc1ccccc1-c1ccc([S+](c2ccccc2)c2ccc(C(F)(F)F)c(S(=O)(=O)[O-])c2C(F)(F)F)cc1)(C(=O)OC(C)(C)C)C(=O)OC(C)(C)C. The Hall–Kier alpha value is -5.07. The van der Waals surface area contributed by atoms with Gasteiger partial charge in [0.25, 0.3) is 0 Å². The summed E-state index contributed by atoms with van der Waals surface area (Å²) in [5, 5.41) is 0. The second-order valence-corrected chi connectivity index (χ2v) is 19.5. The molecule has 4 aromatic carbocycles. The van der Waals surface area contributed by atoms with Gasteiger partial charge in [-0.25, -0.2) is 22.8 Å². The fourth-order valence-corrected chi connectivity index (χ4v) is 8.82. The molecule has 0 aromatic heterocycles. The van der Waals surface area contributed by atoms with Gasteiger partial charge in [0, 0.05) is 5.56 Å². The lowest BCUT2D eigenvalue weighted by molar-refractivity contribution is -0.205. The van der Waals surface area contributed by atoms with Crippen molar-refractivity contribution in [3.63, 3.8) is 0 Å². The molecule has 0 saturated carbocycles. The summed E-state index contributed by atoms with van der Waals surface area (Å²) in [4.78, 5) is 39.0. The summed E-state index contributed by atoms with van der Waals surface area (Å²) in [6.07, 6.45) is -11.4. The van der Waals surface area contributed by atoms with E-state index in [-0.39, 0.29) is 32.7 Å². The van der Waals surface area contributed by atoms with Crippen molar-refractivity contribution in [3.05, 3.63) is 102 Å². The zero-order valence-electron chi connectivity index (χ0n) is 33.8. The molecule has 0 aliphatic rings. The summed E-state index contributed by atoms with van der Waals surface area (Å²) in [7, 11) is -8.35. The zero-order valence-corrected chi connectivity index (χ0v) is 35.5. The molecule has 4 aromatic rings. The molecule has 0 N–H and O–H groups in total. The van der Waals surface area contributed by atoms with E-state index in [1.807, 2.05) is 0 Å². The first kappa shape index (κ1) is 47.6. The number of alkyl halides is 6. The number of rotatable bonds is 10. The largest absolute Gasteiger partial charge is 0.744 e. The van der Waals surface area contributed by atoms with E-state index in [4.69, 9.17) is 18.9 Å². The van der Waals surface area contributed by atoms with Gasteiger partial charge in [0.15, 0.2) is 14.7 Å². The number of esters is 3. The van der Waals surface area contributed by atoms with Crippen LogP contribution in [0.4, 0.5) is 26.3 Å². The molecular weight excluding hydrogens is 843 g/mol. The van der Waals surface area contributed by atoms with Crippen molar-refractivity contribution in [1.82, 2.24) is 0 Å². The fraction of sp³-hybridized carbons (Fsp3) is 0.357. The van der Waals surface area contributed by atoms with Crippen molar-refractivity contribution >= 4 is 38.9 Å². The van der Waals surface area contributed by atoms with E-state index in [1.165, 1.54) is 141 Å². The van der Waals surface area contributed by atoms with Crippen LogP contribution in [-0.4, -0.2) is 53.3 Å². The van der Waals surface area contributed by atoms with Crippen LogP contribution in [0.25, 0.3) is 11.1 Å². The van der Waals surface area contributed by atoms with Crippen molar-refractivity contribution in [1.29, 1.82) is 0 Å². The number of halogens is 6. The second kappa shape index (κ2) is 16.8. The Labute approximate surface area is 346 Å². The molecule has 0 heterocycles. The lowest BCUT2D eigenvalue weighted by Gasteiger charge is -2.35. The highest BCUT2D eigenvalue weighted by Gasteiger charge is 2.63. The van der Waals surface area contributed by atoms with Crippen LogP contribution in [0.3, 0.4) is 0 Å². The van der Waals surface area contributed by atoms with E-state index in [1.54, 1.807) is 0 Å². The Bertz CT molecular complexity index is 2270. The Morgan fingerprint density at radius 1 is 0.567 bits per heavy atom. The first-order chi connectivity index (χ1) is 27.3. The van der Waals surface area contributed by atoms with Gasteiger partial charge in [0.05, 0.1) is 21.4 Å². The van der Waals surface area contributed by atoms with Gasteiger partial charge in [-0.15, -0.1) is 0 Å². The van der Waals surface area contributed by atoms with Gasteiger partial charge in [-0.1, -0.05) is 36.4 Å². The molecule has 0 fully saturated rings. The normalized spacial score (nSPS) is 13.6. The van der Waals surface area contributed by atoms with E-state index in [9.17, 15) is 53.7 Å². The highest BCUT2D eigenvalue weighted by molar-refractivity contribution is 7.97. The Morgan fingerprint density at radius 3 is 1.42 bits per heavy atom. The van der Waals surface area contributed by atoms with Gasteiger partial charge >= 0.3 is 35.9 Å². The number of para-hydroxylation sites is 1. The zero-order chi connectivity index (χ0) is 45.4. The average molecular weight is 885 g/mol. The van der Waals surface area contributed by atoms with Crippen LogP contribution in [0.2, 0.25) is 0 Å². The molecule has 4 rings (SSSR count). The number of carbonyl (C=O) groups is 3. The second-order valence-electron chi connectivity index (χ2n) is 16.2. The molecule has 0 aliphatic heterocycles. The third-order valence-electron chi connectivity index (χ3n) is 7.77. The van der Waals surface area contributed by atoms with E-state index >= 15 is 0 Å². The van der Waals surface area contributed by atoms with Crippen molar-refractivity contribution in [2.24, 2.45) is 0 Å². The molecular formula is C42H42F6O10S2. The quantitative estimate of drug-likeness (QED) is 0.0377. The summed E-state index contributed by atoms with van der Waals surface area (Å²) in [5.41, 5.74) is -11.2. The van der Waals surface area contributed by atoms with Crippen LogP contribution in [0.1, 0.15) is 73.4 Å². The molecule has 0 radical (unpaired) electrons. The van der Waals surface area contributed by atoms with E-state index < -0.39 is 94.6 Å². The maximum atomic E-state index is 14.8. The highest BCUT2D eigenvalue weighted by atomic mass is 32.2. The van der Waals surface area contributed by atoms with Crippen molar-refractivity contribution in [2.75, 3.05) is 0 Å². The van der Waals surface area contributed by atoms with E-state index in [0.29, 0.717) is 6.07 Å². The molecule has 60 heavy (non-hydrogen) atoms. The van der Waals surface area contributed by atoms with Gasteiger partial charge in [-0.2, -0.15) is 26.3 Å². The molecule has 0 amide bonds. The number of ether oxygens (including phenoxy) is 4. The first-order valence-corrected chi connectivity index (χ1v) is 20.5. The fourth-order valence-electron chi connectivity index (χ4n) is 5.59. The minimum absolute atomic E-state index is 0.0356. The molecule has 0 spiro atoms. The van der Waals surface area contributed by atoms with Crippen LogP contribution in [0, 0.1) is 0 Å². The monoisotopic (exact) mass is 884 g/mol. The van der Waals surface area contributed by atoms with Crippen LogP contribution in [-0.2, 0) is 62.0 Å². The Kier molecular flexibility index (Phi) is 13.3. The third kappa shape index (κ3) is 11.2. The Morgan fingerprint density at radius 2 is 1.00 bits per heavy atom. The number of benzene rings is 4. The van der Waals surface area contributed by atoms with Gasteiger partial charge < -0.3 is 23.5 Å². The summed E-state index contributed by atoms with van der Waals surface area (Å²) < 4.78 is 146. The molecule has 0 aliphatic carbocycles. The molecule has 0 bridgehead atoms. The minimum atomic E-state index is -6.36. The van der Waals surface area contributed by atoms with Crippen LogP contribution < -0.4 is 4.74 Å². The van der Waals surface area contributed by atoms with Crippen molar-refractivity contribution < 1.29 is 72.6 Å². The maximum Gasteiger partial charge on any atom is 0.422 e. The number of carbonyl (C=O) groups excluding carboxylic acids is 3. The average Bonchev–Trinajstić information content (AvgIpc) is 3.08. The van der Waals surface area contributed by atoms with Gasteiger partial charge in [-0.3, -0.25) is 0 Å². The van der Waals surface area contributed by atoms with Gasteiger partial charge in [0.1, 0.15) is 38.2 Å². The van der Waals surface area contributed by atoms with E-state index in [0.717, 1.165) is 0 Å². The van der Waals surface area contributed by atoms with Crippen LogP contribution >= 0.6 is 0 Å². The number of hydrogen-bond donors (Lipinski definition) is 0. The predicted octanol–water partition coefficient (Wildman–Crippen LogP) is 9.53. The minimum Gasteiger partial charge on any atom is -0.744 e. The molecule has 1 atom stereocenters. The first-order valence-electron chi connectivity index (χ1n) is 17.9. The molecule has 10 nitrogen and oxygen atoms in total. The summed E-state index contributed by atoms with van der Waals surface area (Å²) >= 11 is 0. The standard InChI is InChI=1S/C42H42F6O10S2/c1-37(2,3)56-34(49)40(35(50)57-38(4,5)6,36(51)58-39(7,8)9)55-30-18-14-13-17-28(30)25-19-21-27(22-20-25)59(26-15-11-10-12-16-26)31-24-23-29(41(43,44)45)33(60(52,53)54)32(31)42(46,47)48/h10-24H,1-9H3. The van der Waals surface area contributed by atoms with E-state index in [2.05, 4.69) is 0 Å². The molecule has 1 unspecified atom stereocenters. The van der Waals surface area contributed by atoms with Crippen LogP contribution in [0.5, 0.6) is 5.75 Å². The lowest BCUT2D eigenvalue weighted by atomic mass is 10.00. The third-order valence-corrected chi connectivity index (χ3v) is 11.0. The lowest BCUT2D eigenvalue weighted by Crippen LogP contribution is -2.63. The summed E-state index contributed by atoms with van der Waals surface area (Å²) in [6, 6.07) is 19.0. The van der Waals surface area contributed by atoms with Crippen molar-refractivity contribution in [3.8, 4) is 16.9 Å². The predicted molar refractivity (Wildman–Crippen MR) is 206 cm³/mol. The summed E-state index contributed by atoms with van der Waals surface area (Å²) in [6.45, 7) is 13.4. The number of hydrogen-bond acceptors (Lipinski definition) is 10. The smallest absolute Gasteiger partial charge is 0.422 e. The molecule has 324 valence electrons. The van der Waals surface area contributed by atoms with Gasteiger partial charge in [-0.05, 0) is 122 Å². The maximum absolute atomic E-state index is 14.8. The van der Waals surface area contributed by atoms with Gasteiger partial charge in [0.2, 0.25) is 0 Å².